The number of hydrogen-bond donors (Lipinski definition) is 0. The van der Waals surface area contributed by atoms with Gasteiger partial charge in [-0.1, -0.05) is 83.9 Å². The van der Waals surface area contributed by atoms with Crippen molar-refractivity contribution < 1.29 is 0 Å². The zero-order valence-corrected chi connectivity index (χ0v) is 25.3. The van der Waals surface area contributed by atoms with Crippen LogP contribution in [-0.4, -0.2) is 9.97 Å². The fourth-order valence-corrected chi connectivity index (χ4v) is 6.79. The first-order valence-corrected chi connectivity index (χ1v) is 14.6. The van der Waals surface area contributed by atoms with Crippen LogP contribution in [-0.2, 0) is 0 Å². The third-order valence-corrected chi connectivity index (χ3v) is 8.32. The van der Waals surface area contributed by atoms with Crippen LogP contribution in [0, 0.1) is 41.5 Å². The molecule has 1 heterocycles. The summed E-state index contributed by atoms with van der Waals surface area (Å²) in [4.78, 5) is 11.3. The Hall–Kier alpha value is -4.76. The number of benzene rings is 5. The summed E-state index contributed by atoms with van der Waals surface area (Å²) in [5.74, 6) is 0.913. The molecule has 0 saturated heterocycles. The molecule has 0 amide bonds. The number of aromatic nitrogens is 2. The molecular weight excluding hydrogens is 510 g/mol. The van der Waals surface area contributed by atoms with Gasteiger partial charge in [-0.15, -0.1) is 0 Å². The van der Waals surface area contributed by atoms with Crippen molar-refractivity contribution >= 4 is 28.0 Å². The van der Waals surface area contributed by atoms with Gasteiger partial charge in [-0.25, -0.2) is 4.98 Å². The molecule has 0 atom stereocenters. The highest BCUT2D eigenvalue weighted by Crippen LogP contribution is 2.42. The number of fused-ring (bicyclic) bond motifs is 1. The molecule has 0 radical (unpaired) electrons. The Bertz CT molecular complexity index is 1780. The molecule has 6 aromatic rings. The van der Waals surface area contributed by atoms with E-state index in [0.29, 0.717) is 0 Å². The summed E-state index contributed by atoms with van der Waals surface area (Å²) >= 11 is 0. The van der Waals surface area contributed by atoms with Gasteiger partial charge in [0, 0.05) is 29.4 Å². The third kappa shape index (κ3) is 5.07. The van der Waals surface area contributed by atoms with E-state index >= 15 is 0 Å². The summed E-state index contributed by atoms with van der Waals surface area (Å²) in [6, 6.07) is 33.2. The maximum Gasteiger partial charge on any atom is 0.156 e. The molecule has 3 heteroatoms. The molecule has 1 aromatic heterocycles. The van der Waals surface area contributed by atoms with Crippen LogP contribution < -0.4 is 4.90 Å². The molecule has 0 bridgehead atoms. The van der Waals surface area contributed by atoms with E-state index in [1.54, 1.807) is 12.4 Å². The van der Waals surface area contributed by atoms with Gasteiger partial charge < -0.3 is 0 Å². The molecule has 0 spiro atoms. The topological polar surface area (TPSA) is 29.0 Å². The molecule has 0 aliphatic heterocycles. The second-order valence-electron chi connectivity index (χ2n) is 11.5. The lowest BCUT2D eigenvalue weighted by atomic mass is 9.77. The minimum absolute atomic E-state index is 0.128. The van der Waals surface area contributed by atoms with Gasteiger partial charge in [-0.2, -0.15) is 0 Å². The van der Waals surface area contributed by atoms with Crippen molar-refractivity contribution in [2.75, 3.05) is 4.90 Å². The normalized spacial score (nSPS) is 11.3. The number of aryl methyl sites for hydroxylation is 6. The SMILES string of the molecule is Cc1cc(C)c(C(c2ccc(N(c3cnccn3)c3cccc4ccccc34)cc2)c2c(C)cc(C)cc2C)c(C)c1. The molecule has 0 aliphatic carbocycles. The third-order valence-electron chi connectivity index (χ3n) is 8.32. The Labute approximate surface area is 249 Å². The van der Waals surface area contributed by atoms with Gasteiger partial charge in [-0.05, 0) is 104 Å². The van der Waals surface area contributed by atoms with Crippen LogP contribution in [0.25, 0.3) is 10.8 Å². The highest BCUT2D eigenvalue weighted by atomic mass is 15.2. The zero-order chi connectivity index (χ0) is 29.4. The first-order valence-electron chi connectivity index (χ1n) is 14.6. The van der Waals surface area contributed by atoms with Crippen molar-refractivity contribution in [3.05, 3.63) is 160 Å². The number of hydrogen-bond acceptors (Lipinski definition) is 3. The lowest BCUT2D eigenvalue weighted by molar-refractivity contribution is 0.919. The molecule has 6 rings (SSSR count). The van der Waals surface area contributed by atoms with Crippen molar-refractivity contribution in [2.45, 2.75) is 47.5 Å². The highest BCUT2D eigenvalue weighted by Gasteiger charge is 2.25. The van der Waals surface area contributed by atoms with Crippen molar-refractivity contribution in [1.29, 1.82) is 0 Å². The summed E-state index contributed by atoms with van der Waals surface area (Å²) in [6.45, 7) is 13.4. The van der Waals surface area contributed by atoms with Crippen molar-refractivity contribution in [3.8, 4) is 0 Å². The average Bonchev–Trinajstić information content (AvgIpc) is 2.97. The second kappa shape index (κ2) is 11.3. The number of nitrogens with zero attached hydrogens (tertiary/aromatic N) is 3. The van der Waals surface area contributed by atoms with E-state index in [9.17, 15) is 0 Å². The van der Waals surface area contributed by atoms with Crippen LogP contribution in [0.2, 0.25) is 0 Å². The summed E-state index contributed by atoms with van der Waals surface area (Å²) in [5, 5.41) is 2.36. The van der Waals surface area contributed by atoms with Crippen LogP contribution >= 0.6 is 0 Å². The molecule has 42 heavy (non-hydrogen) atoms. The number of rotatable bonds is 6. The van der Waals surface area contributed by atoms with E-state index < -0.39 is 0 Å². The lowest BCUT2D eigenvalue weighted by Gasteiger charge is -2.28. The smallest absolute Gasteiger partial charge is 0.156 e. The maximum absolute atomic E-state index is 4.72. The molecular formula is C39H37N3. The van der Waals surface area contributed by atoms with Crippen LogP contribution in [0.1, 0.15) is 56.0 Å². The fourth-order valence-electron chi connectivity index (χ4n) is 6.79. The van der Waals surface area contributed by atoms with Crippen molar-refractivity contribution in [2.24, 2.45) is 0 Å². The van der Waals surface area contributed by atoms with Gasteiger partial charge in [0.25, 0.3) is 0 Å². The molecule has 0 unspecified atom stereocenters. The van der Waals surface area contributed by atoms with Crippen LogP contribution in [0.4, 0.5) is 17.2 Å². The monoisotopic (exact) mass is 547 g/mol. The van der Waals surface area contributed by atoms with Gasteiger partial charge in [0.15, 0.2) is 5.82 Å². The largest absolute Gasteiger partial charge is 0.293 e. The Morgan fingerprint density at radius 1 is 0.595 bits per heavy atom. The Morgan fingerprint density at radius 2 is 1.17 bits per heavy atom. The predicted octanol–water partition coefficient (Wildman–Crippen LogP) is 10.1. The molecule has 0 fully saturated rings. The molecule has 5 aromatic carbocycles. The Morgan fingerprint density at radius 3 is 1.74 bits per heavy atom. The van der Waals surface area contributed by atoms with Crippen molar-refractivity contribution in [3.63, 3.8) is 0 Å². The quantitative estimate of drug-likeness (QED) is 0.194. The van der Waals surface area contributed by atoms with E-state index in [-0.39, 0.29) is 5.92 Å². The van der Waals surface area contributed by atoms with Gasteiger partial charge in [-0.3, -0.25) is 9.88 Å². The first kappa shape index (κ1) is 27.4. The predicted molar refractivity (Wildman–Crippen MR) is 176 cm³/mol. The van der Waals surface area contributed by atoms with E-state index in [4.69, 9.17) is 4.98 Å². The Balaban J connectivity index is 1.54. The maximum atomic E-state index is 4.72. The standard InChI is InChI=1S/C39H37N3/c1-25-20-27(3)37(28(4)21-25)39(38-29(5)22-26(2)23-30(38)6)32-14-16-33(17-15-32)42(36-24-40-18-19-41-36)35-13-9-11-31-10-7-8-12-34(31)35/h7-24,39H,1-6H3. The summed E-state index contributed by atoms with van der Waals surface area (Å²) in [6.07, 6.45) is 5.30. The van der Waals surface area contributed by atoms with E-state index in [2.05, 4.69) is 142 Å². The lowest BCUT2D eigenvalue weighted by Crippen LogP contribution is -2.14. The highest BCUT2D eigenvalue weighted by molar-refractivity contribution is 5.98. The van der Waals surface area contributed by atoms with Gasteiger partial charge in [0.05, 0.1) is 11.9 Å². The van der Waals surface area contributed by atoms with Gasteiger partial charge in [0.1, 0.15) is 0 Å². The molecule has 0 aliphatic rings. The van der Waals surface area contributed by atoms with E-state index in [1.165, 1.54) is 60.8 Å². The van der Waals surface area contributed by atoms with E-state index in [0.717, 1.165) is 17.2 Å². The van der Waals surface area contributed by atoms with Crippen LogP contribution in [0.3, 0.4) is 0 Å². The van der Waals surface area contributed by atoms with Crippen molar-refractivity contribution in [1.82, 2.24) is 9.97 Å². The van der Waals surface area contributed by atoms with Crippen LogP contribution in [0.15, 0.2) is 110 Å². The zero-order valence-electron chi connectivity index (χ0n) is 25.3. The molecule has 0 saturated carbocycles. The summed E-state index contributed by atoms with van der Waals surface area (Å²) < 4.78 is 0. The van der Waals surface area contributed by atoms with Gasteiger partial charge >= 0.3 is 0 Å². The van der Waals surface area contributed by atoms with E-state index in [1.807, 2.05) is 6.20 Å². The van der Waals surface area contributed by atoms with Gasteiger partial charge in [0.2, 0.25) is 0 Å². The summed E-state index contributed by atoms with van der Waals surface area (Å²) in [7, 11) is 0. The average molecular weight is 548 g/mol. The molecule has 208 valence electrons. The van der Waals surface area contributed by atoms with Crippen LogP contribution in [0.5, 0.6) is 0 Å². The minimum atomic E-state index is 0.128. The first-order chi connectivity index (χ1) is 20.3. The fraction of sp³-hybridized carbons (Fsp3) is 0.179. The molecule has 3 nitrogen and oxygen atoms in total. The molecule has 0 N–H and O–H groups in total. The second-order valence-corrected chi connectivity index (χ2v) is 11.5. The number of anilines is 3. The minimum Gasteiger partial charge on any atom is -0.293 e. The Kier molecular flexibility index (Phi) is 7.34. The summed E-state index contributed by atoms with van der Waals surface area (Å²) in [5.41, 5.74) is 14.1.